The van der Waals surface area contributed by atoms with Gasteiger partial charge in [-0.3, -0.25) is 0 Å². The van der Waals surface area contributed by atoms with Crippen molar-refractivity contribution < 1.29 is 5.11 Å². The van der Waals surface area contributed by atoms with Gasteiger partial charge in [-0.15, -0.1) is 0 Å². The molecule has 3 N–H and O–H groups in total. The summed E-state index contributed by atoms with van der Waals surface area (Å²) >= 11 is 1.60. The average Bonchev–Trinajstić information content (AvgIpc) is 2.83. The normalized spacial score (nSPS) is 14.3. The van der Waals surface area contributed by atoms with E-state index < -0.39 is 0 Å². The predicted molar refractivity (Wildman–Crippen MR) is 147 cm³/mol. The first-order valence-corrected chi connectivity index (χ1v) is 12.0. The topological polar surface area (TPSA) is 44.3 Å². The second-order valence-electron chi connectivity index (χ2n) is 7.61. The first-order chi connectivity index (χ1) is 16.1. The van der Waals surface area contributed by atoms with Gasteiger partial charge in [0.1, 0.15) is 0 Å². The summed E-state index contributed by atoms with van der Waals surface area (Å²) in [5.74, 6) is 0. The summed E-state index contributed by atoms with van der Waals surface area (Å²) in [5, 5.41) is 16.1. The minimum absolute atomic E-state index is 0.0654. The summed E-state index contributed by atoms with van der Waals surface area (Å²) < 4.78 is 0. The van der Waals surface area contributed by atoms with Gasteiger partial charge in [-0.25, -0.2) is 0 Å². The number of hydrogen-bond acceptors (Lipinski definition) is 4. The smallest absolute Gasteiger partial charge is 0.0604 e. The van der Waals surface area contributed by atoms with E-state index in [0.717, 1.165) is 44.4 Å². The maximum absolute atomic E-state index is 9.32. The van der Waals surface area contributed by atoms with E-state index in [4.69, 9.17) is 0 Å². The third-order valence-corrected chi connectivity index (χ3v) is 6.19. The summed E-state index contributed by atoms with van der Waals surface area (Å²) in [4.78, 5) is 1.97. The van der Waals surface area contributed by atoms with Gasteiger partial charge in [0.15, 0.2) is 0 Å². The van der Waals surface area contributed by atoms with Crippen LogP contribution in [0.2, 0.25) is 0 Å². The Hall–Kier alpha value is -3.21. The Balaban J connectivity index is 1.80. The van der Waals surface area contributed by atoms with Crippen LogP contribution in [0.25, 0.3) is 11.6 Å². The lowest BCUT2D eigenvalue weighted by atomic mass is 10.0. The zero-order valence-electron chi connectivity index (χ0n) is 19.4. The van der Waals surface area contributed by atoms with Gasteiger partial charge >= 0.3 is 0 Å². The summed E-state index contributed by atoms with van der Waals surface area (Å²) in [6.45, 7) is 12.9. The zero-order chi connectivity index (χ0) is 23.6. The fourth-order valence-electron chi connectivity index (χ4n) is 3.50. The van der Waals surface area contributed by atoms with Crippen LogP contribution in [0.4, 0.5) is 11.4 Å². The summed E-state index contributed by atoms with van der Waals surface area (Å²) in [7, 11) is 0. The van der Waals surface area contributed by atoms with Crippen molar-refractivity contribution in [3.63, 3.8) is 0 Å². The standard InChI is InChI=1S/C29H32N2OS/c1-5-8-9-23(7-3)24-12-15-29(28(20-24)30-16-17-32)33-21(4)18-26-13-11-25-19-22(6-2)10-14-27(25)31-26/h5,7-15,18-20,30-32H,3-4,6,16-17H2,1-2H3/b8-5-,23-9+,26-18+. The molecule has 0 amide bonds. The number of fused-ring (bicyclic) bond motifs is 1. The molecule has 1 aliphatic rings. The van der Waals surface area contributed by atoms with Crippen molar-refractivity contribution in [2.45, 2.75) is 25.2 Å². The molecule has 0 bridgehead atoms. The maximum atomic E-state index is 9.32. The number of thioether (sulfide) groups is 1. The van der Waals surface area contributed by atoms with Crippen LogP contribution < -0.4 is 10.6 Å². The highest BCUT2D eigenvalue weighted by Crippen LogP contribution is 2.36. The molecule has 2 aromatic rings. The van der Waals surface area contributed by atoms with Crippen LogP contribution in [0.5, 0.6) is 0 Å². The molecule has 3 rings (SSSR count). The molecule has 1 heterocycles. The van der Waals surface area contributed by atoms with Crippen LogP contribution >= 0.6 is 11.8 Å². The van der Waals surface area contributed by atoms with Crippen molar-refractivity contribution >= 4 is 34.8 Å². The molecule has 1 aliphatic heterocycles. The van der Waals surface area contributed by atoms with Gasteiger partial charge in [-0.2, -0.15) is 0 Å². The fraction of sp³-hybridized carbons (Fsp3) is 0.172. The summed E-state index contributed by atoms with van der Waals surface area (Å²) in [6, 6.07) is 12.8. The second kappa shape index (κ2) is 12.1. The quantitative estimate of drug-likeness (QED) is 0.257. The average molecular weight is 457 g/mol. The monoisotopic (exact) mass is 456 g/mol. The molecule has 0 spiro atoms. The number of aryl methyl sites for hydroxylation is 1. The van der Waals surface area contributed by atoms with E-state index in [1.165, 1.54) is 11.1 Å². The van der Waals surface area contributed by atoms with Crippen LogP contribution in [0.3, 0.4) is 0 Å². The summed E-state index contributed by atoms with van der Waals surface area (Å²) in [5.41, 5.74) is 7.73. The van der Waals surface area contributed by atoms with Gasteiger partial charge in [0.2, 0.25) is 0 Å². The van der Waals surface area contributed by atoms with Gasteiger partial charge in [-0.05, 0) is 72.0 Å². The van der Waals surface area contributed by atoms with Crippen molar-refractivity contribution in [2.24, 2.45) is 0 Å². The van der Waals surface area contributed by atoms with Gasteiger partial charge in [0, 0.05) is 33.4 Å². The van der Waals surface area contributed by atoms with Crippen molar-refractivity contribution in [1.29, 1.82) is 0 Å². The Morgan fingerprint density at radius 2 is 2.03 bits per heavy atom. The SMILES string of the molecule is C=C/C(=C\C=C/C)c1ccc(SC(=C)/C=C2\C=Cc3cc(CC)ccc3N2)c(NCCO)c1. The number of nitrogens with one attached hydrogen (secondary N) is 2. The fourth-order valence-corrected chi connectivity index (χ4v) is 4.34. The predicted octanol–water partition coefficient (Wildman–Crippen LogP) is 7.43. The van der Waals surface area contributed by atoms with Crippen LogP contribution in [-0.2, 0) is 6.42 Å². The molecule has 0 radical (unpaired) electrons. The van der Waals surface area contributed by atoms with Crippen molar-refractivity contribution in [2.75, 3.05) is 23.8 Å². The molecule has 4 heteroatoms. The van der Waals surface area contributed by atoms with E-state index >= 15 is 0 Å². The third-order valence-electron chi connectivity index (χ3n) is 5.23. The van der Waals surface area contributed by atoms with E-state index in [2.05, 4.69) is 85.3 Å². The molecule has 0 atom stereocenters. The van der Waals surface area contributed by atoms with E-state index in [1.54, 1.807) is 11.8 Å². The summed E-state index contributed by atoms with van der Waals surface area (Å²) in [6.07, 6.45) is 15.2. The van der Waals surface area contributed by atoms with Crippen molar-refractivity contribution in [3.8, 4) is 0 Å². The lowest BCUT2D eigenvalue weighted by Gasteiger charge is -2.17. The molecular weight excluding hydrogens is 424 g/mol. The highest BCUT2D eigenvalue weighted by Gasteiger charge is 2.10. The molecule has 0 fully saturated rings. The first kappa shape index (κ1) is 24.4. The molecule has 0 unspecified atom stereocenters. The highest BCUT2D eigenvalue weighted by atomic mass is 32.2. The molecule has 0 saturated heterocycles. The molecule has 3 nitrogen and oxygen atoms in total. The van der Waals surface area contributed by atoms with Crippen LogP contribution in [-0.4, -0.2) is 18.3 Å². The highest BCUT2D eigenvalue weighted by molar-refractivity contribution is 8.03. The number of benzene rings is 2. The Morgan fingerprint density at radius 3 is 2.76 bits per heavy atom. The molecule has 0 saturated carbocycles. The number of aliphatic hydroxyl groups is 1. The van der Waals surface area contributed by atoms with Crippen molar-refractivity contribution in [3.05, 3.63) is 113 Å². The molecule has 33 heavy (non-hydrogen) atoms. The lowest BCUT2D eigenvalue weighted by molar-refractivity contribution is 0.311. The van der Waals surface area contributed by atoms with E-state index in [1.807, 2.05) is 31.2 Å². The van der Waals surface area contributed by atoms with E-state index in [9.17, 15) is 5.11 Å². The first-order valence-electron chi connectivity index (χ1n) is 11.2. The Bertz CT molecular complexity index is 1140. The van der Waals surface area contributed by atoms with Gasteiger partial charge in [0.05, 0.1) is 6.61 Å². The van der Waals surface area contributed by atoms with Gasteiger partial charge < -0.3 is 15.7 Å². The third kappa shape index (κ3) is 6.64. The number of anilines is 2. The minimum atomic E-state index is 0.0654. The van der Waals surface area contributed by atoms with Crippen LogP contribution in [0.15, 0.2) is 102 Å². The Morgan fingerprint density at radius 1 is 1.18 bits per heavy atom. The largest absolute Gasteiger partial charge is 0.395 e. The van der Waals surface area contributed by atoms with E-state index in [0.29, 0.717) is 6.54 Å². The zero-order valence-corrected chi connectivity index (χ0v) is 20.2. The lowest BCUT2D eigenvalue weighted by Crippen LogP contribution is -2.06. The van der Waals surface area contributed by atoms with Crippen LogP contribution in [0, 0.1) is 0 Å². The number of hydrogen-bond donors (Lipinski definition) is 3. The molecule has 170 valence electrons. The van der Waals surface area contributed by atoms with Crippen molar-refractivity contribution in [1.82, 2.24) is 0 Å². The van der Waals surface area contributed by atoms with Gasteiger partial charge in [-0.1, -0.05) is 74.4 Å². The molecular formula is C29H32N2OS. The van der Waals surface area contributed by atoms with Crippen LogP contribution in [0.1, 0.15) is 30.5 Å². The second-order valence-corrected chi connectivity index (χ2v) is 8.78. The molecule has 0 aromatic heterocycles. The molecule has 0 aliphatic carbocycles. The Kier molecular flexibility index (Phi) is 8.99. The number of aliphatic hydroxyl groups excluding tert-OH is 1. The van der Waals surface area contributed by atoms with Gasteiger partial charge in [0.25, 0.3) is 0 Å². The number of allylic oxidation sites excluding steroid dienone is 7. The Labute approximate surface area is 202 Å². The maximum Gasteiger partial charge on any atom is 0.0604 e. The van der Waals surface area contributed by atoms with E-state index in [-0.39, 0.29) is 6.61 Å². The number of rotatable bonds is 10. The molecule has 2 aromatic carbocycles. The minimum Gasteiger partial charge on any atom is -0.395 e.